The Bertz CT molecular complexity index is 443. The van der Waals surface area contributed by atoms with Crippen molar-refractivity contribution in [1.82, 2.24) is 0 Å². The first-order valence-electron chi connectivity index (χ1n) is 5.80. The minimum Gasteiger partial charge on any atom is -0.335 e. The number of aliphatic imine (C=N–C) groups is 1. The summed E-state index contributed by atoms with van der Waals surface area (Å²) >= 11 is 1.73. The van der Waals surface area contributed by atoms with Crippen molar-refractivity contribution in [3.05, 3.63) is 29.6 Å². The molecule has 0 aliphatic carbocycles. The lowest BCUT2D eigenvalue weighted by Gasteiger charge is -2.08. The van der Waals surface area contributed by atoms with E-state index in [1.807, 2.05) is 0 Å². The van der Waals surface area contributed by atoms with Gasteiger partial charge in [0.2, 0.25) is 0 Å². The molecule has 1 aromatic rings. The Morgan fingerprint density at radius 2 is 2.24 bits per heavy atom. The number of aryl methyl sites for hydroxylation is 1. The van der Waals surface area contributed by atoms with Crippen LogP contribution in [0.2, 0.25) is 0 Å². The average molecular weight is 252 g/mol. The molecule has 0 saturated carbocycles. The second-order valence-corrected chi connectivity index (χ2v) is 5.65. The Labute approximate surface area is 106 Å². The molecule has 0 amide bonds. The molecule has 0 radical (unpaired) electrons. The molecule has 92 valence electrons. The molecule has 0 spiro atoms. The van der Waals surface area contributed by atoms with Gasteiger partial charge < -0.3 is 5.32 Å². The predicted octanol–water partition coefficient (Wildman–Crippen LogP) is 3.67. The molecular weight excluding hydrogens is 235 g/mol. The lowest BCUT2D eigenvalue weighted by atomic mass is 10.1. The normalized spacial score (nSPS) is 19.6. The first kappa shape index (κ1) is 12.4. The molecule has 1 aromatic carbocycles. The summed E-state index contributed by atoms with van der Waals surface area (Å²) in [6, 6.07) is 5.43. The van der Waals surface area contributed by atoms with Crippen molar-refractivity contribution in [2.24, 2.45) is 10.9 Å². The Morgan fingerprint density at radius 1 is 1.47 bits per heavy atom. The summed E-state index contributed by atoms with van der Waals surface area (Å²) in [5.41, 5.74) is 1.55. The highest BCUT2D eigenvalue weighted by Gasteiger charge is 2.21. The van der Waals surface area contributed by atoms with Crippen molar-refractivity contribution in [3.8, 4) is 0 Å². The summed E-state index contributed by atoms with van der Waals surface area (Å²) in [5.74, 6) is 1.42. The van der Waals surface area contributed by atoms with Crippen LogP contribution in [0.3, 0.4) is 0 Å². The lowest BCUT2D eigenvalue weighted by molar-refractivity contribution is 0.543. The third-order valence-corrected chi connectivity index (χ3v) is 3.84. The maximum absolute atomic E-state index is 13.1. The molecule has 0 saturated heterocycles. The third-order valence-electron chi connectivity index (χ3n) is 2.85. The molecule has 1 atom stereocenters. The Hall–Kier alpha value is -1.03. The molecule has 17 heavy (non-hydrogen) atoms. The number of anilines is 1. The zero-order chi connectivity index (χ0) is 12.4. The van der Waals surface area contributed by atoms with Gasteiger partial charge in [-0.25, -0.2) is 4.39 Å². The molecule has 0 bridgehead atoms. The van der Waals surface area contributed by atoms with Crippen LogP contribution in [0.15, 0.2) is 23.2 Å². The largest absolute Gasteiger partial charge is 0.335 e. The van der Waals surface area contributed by atoms with Gasteiger partial charge in [-0.1, -0.05) is 25.6 Å². The van der Waals surface area contributed by atoms with Gasteiger partial charge in [-0.05, 0) is 36.6 Å². The van der Waals surface area contributed by atoms with Crippen LogP contribution in [0.1, 0.15) is 19.4 Å². The second-order valence-electron chi connectivity index (χ2n) is 4.65. The first-order chi connectivity index (χ1) is 8.06. The number of amidine groups is 1. The summed E-state index contributed by atoms with van der Waals surface area (Å²) in [7, 11) is 0. The Morgan fingerprint density at radius 3 is 2.82 bits per heavy atom. The predicted molar refractivity (Wildman–Crippen MR) is 73.3 cm³/mol. The second kappa shape index (κ2) is 5.08. The van der Waals surface area contributed by atoms with Crippen LogP contribution in [0.4, 0.5) is 10.1 Å². The van der Waals surface area contributed by atoms with Crippen LogP contribution in [-0.4, -0.2) is 17.0 Å². The molecule has 1 N–H and O–H groups in total. The highest BCUT2D eigenvalue weighted by Crippen LogP contribution is 2.24. The Kier molecular flexibility index (Phi) is 3.72. The van der Waals surface area contributed by atoms with Gasteiger partial charge in [0, 0.05) is 11.4 Å². The monoisotopic (exact) mass is 252 g/mol. The minimum absolute atomic E-state index is 0.170. The van der Waals surface area contributed by atoms with Crippen molar-refractivity contribution >= 4 is 22.6 Å². The van der Waals surface area contributed by atoms with Gasteiger partial charge >= 0.3 is 0 Å². The number of nitrogens with one attached hydrogen (secondary N) is 1. The topological polar surface area (TPSA) is 24.4 Å². The summed E-state index contributed by atoms with van der Waals surface area (Å²) in [5, 5.41) is 4.18. The van der Waals surface area contributed by atoms with Gasteiger partial charge in [-0.15, -0.1) is 0 Å². The quantitative estimate of drug-likeness (QED) is 0.868. The lowest BCUT2D eigenvalue weighted by Crippen LogP contribution is -2.12. The number of benzene rings is 1. The maximum atomic E-state index is 13.1. The highest BCUT2D eigenvalue weighted by atomic mass is 32.2. The molecule has 4 heteroatoms. The van der Waals surface area contributed by atoms with Gasteiger partial charge in [-0.2, -0.15) is 0 Å². The van der Waals surface area contributed by atoms with E-state index in [1.165, 1.54) is 6.07 Å². The van der Waals surface area contributed by atoms with E-state index in [2.05, 4.69) is 24.2 Å². The summed E-state index contributed by atoms with van der Waals surface area (Å²) in [4.78, 5) is 4.61. The van der Waals surface area contributed by atoms with Crippen molar-refractivity contribution in [3.63, 3.8) is 0 Å². The average Bonchev–Trinajstić information content (AvgIpc) is 2.72. The summed E-state index contributed by atoms with van der Waals surface area (Å²) < 4.78 is 13.1. The van der Waals surface area contributed by atoms with Crippen molar-refractivity contribution in [2.45, 2.75) is 26.8 Å². The third kappa shape index (κ3) is 3.00. The molecule has 2 rings (SSSR count). The van der Waals surface area contributed by atoms with Crippen LogP contribution >= 0.6 is 11.8 Å². The fraction of sp³-hybridized carbons (Fsp3) is 0.462. The smallest absolute Gasteiger partial charge is 0.161 e. The number of hydrogen-bond donors (Lipinski definition) is 1. The number of rotatable bonds is 2. The molecule has 1 aliphatic rings. The van der Waals surface area contributed by atoms with Gasteiger partial charge in [0.15, 0.2) is 5.17 Å². The minimum atomic E-state index is -0.170. The first-order valence-corrected chi connectivity index (χ1v) is 6.78. The van der Waals surface area contributed by atoms with Crippen molar-refractivity contribution in [2.75, 3.05) is 11.1 Å². The molecule has 0 aromatic heterocycles. The number of hydrogen-bond acceptors (Lipinski definition) is 3. The standard InChI is InChI=1S/C13H17FN2S/c1-8(2)12-7-17-13(16-12)15-10-4-5-11(14)9(3)6-10/h4-6,8,12H,7H2,1-3H3,(H,15,16). The van der Waals surface area contributed by atoms with E-state index in [1.54, 1.807) is 30.8 Å². The SMILES string of the molecule is Cc1cc(NC2=NC(C(C)C)CS2)ccc1F. The van der Waals surface area contributed by atoms with E-state index >= 15 is 0 Å². The van der Waals surface area contributed by atoms with Crippen LogP contribution in [-0.2, 0) is 0 Å². The van der Waals surface area contributed by atoms with Crippen LogP contribution in [0, 0.1) is 18.7 Å². The van der Waals surface area contributed by atoms with Crippen LogP contribution in [0.5, 0.6) is 0 Å². The Balaban J connectivity index is 2.06. The van der Waals surface area contributed by atoms with E-state index in [-0.39, 0.29) is 5.82 Å². The summed E-state index contributed by atoms with van der Waals surface area (Å²) in [6.45, 7) is 6.13. The van der Waals surface area contributed by atoms with E-state index < -0.39 is 0 Å². The number of nitrogens with zero attached hydrogens (tertiary/aromatic N) is 1. The van der Waals surface area contributed by atoms with Gasteiger partial charge in [0.05, 0.1) is 6.04 Å². The van der Waals surface area contributed by atoms with Crippen LogP contribution in [0.25, 0.3) is 0 Å². The fourth-order valence-corrected chi connectivity index (χ4v) is 2.83. The van der Waals surface area contributed by atoms with Gasteiger partial charge in [0.1, 0.15) is 5.82 Å². The molecular formula is C13H17FN2S. The van der Waals surface area contributed by atoms with E-state index in [0.29, 0.717) is 17.5 Å². The highest BCUT2D eigenvalue weighted by molar-refractivity contribution is 8.14. The summed E-state index contributed by atoms with van der Waals surface area (Å²) in [6.07, 6.45) is 0. The fourth-order valence-electron chi connectivity index (χ4n) is 1.65. The van der Waals surface area contributed by atoms with E-state index in [9.17, 15) is 4.39 Å². The van der Waals surface area contributed by atoms with Crippen molar-refractivity contribution in [1.29, 1.82) is 0 Å². The number of halogens is 1. The maximum Gasteiger partial charge on any atom is 0.161 e. The molecule has 1 heterocycles. The zero-order valence-corrected chi connectivity index (χ0v) is 11.1. The molecule has 2 nitrogen and oxygen atoms in total. The van der Waals surface area contributed by atoms with E-state index in [4.69, 9.17) is 0 Å². The molecule has 1 unspecified atom stereocenters. The van der Waals surface area contributed by atoms with E-state index in [0.717, 1.165) is 16.6 Å². The zero-order valence-electron chi connectivity index (χ0n) is 10.3. The number of thioether (sulfide) groups is 1. The van der Waals surface area contributed by atoms with Crippen molar-refractivity contribution < 1.29 is 4.39 Å². The van der Waals surface area contributed by atoms with Gasteiger partial charge in [0.25, 0.3) is 0 Å². The molecule has 1 aliphatic heterocycles. The molecule has 0 fully saturated rings. The van der Waals surface area contributed by atoms with Gasteiger partial charge in [-0.3, -0.25) is 4.99 Å². The van der Waals surface area contributed by atoms with Crippen LogP contribution < -0.4 is 5.32 Å².